The van der Waals surface area contributed by atoms with Gasteiger partial charge in [-0.25, -0.2) is 9.97 Å². The first-order valence-corrected chi connectivity index (χ1v) is 12.1. The minimum absolute atomic E-state index is 0.0216. The molecule has 1 N–H and O–H groups in total. The van der Waals surface area contributed by atoms with Gasteiger partial charge in [-0.3, -0.25) is 4.79 Å². The Morgan fingerprint density at radius 3 is 2.56 bits per heavy atom. The summed E-state index contributed by atoms with van der Waals surface area (Å²) >= 11 is 6.43. The molecule has 0 aromatic carbocycles. The Bertz CT molecular complexity index is 1210. The van der Waals surface area contributed by atoms with Gasteiger partial charge in [0, 0.05) is 45.5 Å². The van der Waals surface area contributed by atoms with Gasteiger partial charge in [0.1, 0.15) is 10.7 Å². The largest absolute Gasteiger partial charge is 0.353 e. The summed E-state index contributed by atoms with van der Waals surface area (Å²) in [7, 11) is 2.12. The summed E-state index contributed by atoms with van der Waals surface area (Å²) in [5, 5.41) is 3.73. The fraction of sp³-hybridized carbons (Fsp3) is 0.500. The first kappa shape index (κ1) is 22.9. The van der Waals surface area contributed by atoms with Gasteiger partial charge in [-0.05, 0) is 39.4 Å². The van der Waals surface area contributed by atoms with Crippen LogP contribution in [0.4, 0.5) is 11.8 Å². The van der Waals surface area contributed by atoms with E-state index in [1.807, 2.05) is 49.7 Å². The van der Waals surface area contributed by atoms with Crippen LogP contribution in [-0.2, 0) is 10.3 Å². The molecular formula is C24H31ClN8O. The SMILES string of the molecule is Cc1ccc2ncc(C(C)(C)NC(=O)C3CN(c4nc(N5CCN(C)CC5)ncc4Cl)C3)n2c1. The monoisotopic (exact) mass is 482 g/mol. The molecular weight excluding hydrogens is 452 g/mol. The molecule has 5 rings (SSSR count). The molecule has 3 aromatic rings. The van der Waals surface area contributed by atoms with Crippen LogP contribution in [-0.4, -0.2) is 76.5 Å². The van der Waals surface area contributed by atoms with Crippen molar-refractivity contribution >= 4 is 34.9 Å². The molecule has 5 heterocycles. The van der Waals surface area contributed by atoms with Crippen molar-refractivity contribution in [2.45, 2.75) is 26.3 Å². The number of amides is 1. The molecule has 0 spiro atoms. The summed E-state index contributed by atoms with van der Waals surface area (Å²) in [4.78, 5) is 33.3. The molecule has 2 saturated heterocycles. The Morgan fingerprint density at radius 1 is 1.09 bits per heavy atom. The van der Waals surface area contributed by atoms with Crippen molar-refractivity contribution in [3.05, 3.63) is 47.0 Å². The van der Waals surface area contributed by atoms with Gasteiger partial charge in [-0.2, -0.15) is 4.98 Å². The van der Waals surface area contributed by atoms with Gasteiger partial charge in [-0.15, -0.1) is 0 Å². The van der Waals surface area contributed by atoms with Crippen LogP contribution >= 0.6 is 11.6 Å². The fourth-order valence-corrected chi connectivity index (χ4v) is 4.78. The third-order valence-electron chi connectivity index (χ3n) is 6.78. The highest BCUT2D eigenvalue weighted by Gasteiger charge is 2.38. The summed E-state index contributed by atoms with van der Waals surface area (Å²) in [6.07, 6.45) is 5.55. The Hall–Kier alpha value is -2.91. The lowest BCUT2D eigenvalue weighted by Gasteiger charge is -2.41. The van der Waals surface area contributed by atoms with Crippen LogP contribution in [0.25, 0.3) is 5.65 Å². The second-order valence-corrected chi connectivity index (χ2v) is 10.3. The quantitative estimate of drug-likeness (QED) is 0.597. The highest BCUT2D eigenvalue weighted by atomic mass is 35.5. The van der Waals surface area contributed by atoms with Crippen molar-refractivity contribution in [2.75, 3.05) is 56.1 Å². The van der Waals surface area contributed by atoms with Gasteiger partial charge in [0.15, 0.2) is 5.82 Å². The van der Waals surface area contributed by atoms with Crippen molar-refractivity contribution in [1.82, 2.24) is 29.6 Å². The maximum absolute atomic E-state index is 13.1. The second kappa shape index (κ2) is 8.70. The Morgan fingerprint density at radius 2 is 1.82 bits per heavy atom. The third kappa shape index (κ3) is 4.30. The van der Waals surface area contributed by atoms with Crippen LogP contribution in [0.1, 0.15) is 25.1 Å². The van der Waals surface area contributed by atoms with Crippen molar-refractivity contribution in [1.29, 1.82) is 0 Å². The molecule has 1 amide bonds. The number of carbonyl (C=O) groups excluding carboxylic acids is 1. The van der Waals surface area contributed by atoms with Gasteiger partial charge < -0.3 is 24.4 Å². The minimum atomic E-state index is -0.564. The first-order valence-electron chi connectivity index (χ1n) is 11.7. The summed E-state index contributed by atoms with van der Waals surface area (Å²) in [6, 6.07) is 4.02. The number of piperazine rings is 1. The number of halogens is 1. The zero-order valence-electron chi connectivity index (χ0n) is 20.1. The van der Waals surface area contributed by atoms with E-state index >= 15 is 0 Å². The standard InChI is InChI=1S/C24H31ClN8O/c1-16-5-6-20-26-12-19(33(20)13-16)24(2,3)29-22(34)17-14-32(15-17)21-18(25)11-27-23(28-21)31-9-7-30(4)8-10-31/h5-6,11-13,17H,7-10,14-15H2,1-4H3,(H,29,34). The van der Waals surface area contributed by atoms with Gasteiger partial charge in [0.25, 0.3) is 0 Å². The van der Waals surface area contributed by atoms with Gasteiger partial charge in [0.2, 0.25) is 11.9 Å². The fourth-order valence-electron chi connectivity index (χ4n) is 4.57. The second-order valence-electron chi connectivity index (χ2n) is 9.93. The number of aryl methyl sites for hydroxylation is 1. The van der Waals surface area contributed by atoms with E-state index in [0.29, 0.717) is 29.9 Å². The third-order valence-corrected chi connectivity index (χ3v) is 7.05. The lowest BCUT2D eigenvalue weighted by molar-refractivity contribution is -0.127. The smallest absolute Gasteiger partial charge is 0.227 e. The lowest BCUT2D eigenvalue weighted by Crippen LogP contribution is -2.57. The van der Waals surface area contributed by atoms with Crippen molar-refractivity contribution in [3.63, 3.8) is 0 Å². The van der Waals surface area contributed by atoms with E-state index in [1.165, 1.54) is 0 Å². The van der Waals surface area contributed by atoms with E-state index in [2.05, 4.69) is 37.0 Å². The number of nitrogens with one attached hydrogen (secondary N) is 1. The molecule has 2 aliphatic rings. The average molecular weight is 483 g/mol. The maximum Gasteiger partial charge on any atom is 0.227 e. The molecule has 2 aliphatic heterocycles. The van der Waals surface area contributed by atoms with E-state index in [4.69, 9.17) is 16.6 Å². The predicted octanol–water partition coefficient (Wildman–Crippen LogP) is 2.33. The highest BCUT2D eigenvalue weighted by molar-refractivity contribution is 6.32. The minimum Gasteiger partial charge on any atom is -0.353 e. The van der Waals surface area contributed by atoms with Crippen LogP contribution < -0.4 is 15.1 Å². The summed E-state index contributed by atoms with van der Waals surface area (Å²) in [6.45, 7) is 11.0. The summed E-state index contributed by atoms with van der Waals surface area (Å²) in [5.74, 6) is 1.29. The lowest BCUT2D eigenvalue weighted by atomic mass is 9.95. The van der Waals surface area contributed by atoms with Crippen LogP contribution in [0.5, 0.6) is 0 Å². The molecule has 9 nitrogen and oxygen atoms in total. The van der Waals surface area contributed by atoms with Crippen LogP contribution in [0.3, 0.4) is 0 Å². The topological polar surface area (TPSA) is 81.9 Å². The molecule has 0 bridgehead atoms. The molecule has 0 radical (unpaired) electrons. The highest BCUT2D eigenvalue weighted by Crippen LogP contribution is 2.32. The molecule has 0 saturated carbocycles. The van der Waals surface area contributed by atoms with Crippen molar-refractivity contribution in [3.8, 4) is 0 Å². The van der Waals surface area contributed by atoms with Crippen molar-refractivity contribution < 1.29 is 4.79 Å². The van der Waals surface area contributed by atoms with Gasteiger partial charge in [0.05, 0.1) is 29.5 Å². The summed E-state index contributed by atoms with van der Waals surface area (Å²) < 4.78 is 2.04. The number of imidazole rings is 1. The molecule has 0 atom stereocenters. The van der Waals surface area contributed by atoms with E-state index in [9.17, 15) is 4.79 Å². The first-order chi connectivity index (χ1) is 16.2. The number of anilines is 2. The Kier molecular flexibility index (Phi) is 5.85. The molecule has 2 fully saturated rings. The predicted molar refractivity (Wildman–Crippen MR) is 134 cm³/mol. The Balaban J connectivity index is 1.24. The number of likely N-dealkylation sites (N-methyl/N-ethyl adjacent to an activating group) is 1. The van der Waals surface area contributed by atoms with Gasteiger partial charge >= 0.3 is 0 Å². The van der Waals surface area contributed by atoms with Crippen LogP contribution in [0, 0.1) is 12.8 Å². The van der Waals surface area contributed by atoms with Gasteiger partial charge in [-0.1, -0.05) is 17.7 Å². The molecule has 0 unspecified atom stereocenters. The average Bonchev–Trinajstić information content (AvgIpc) is 3.18. The molecule has 180 valence electrons. The molecule has 3 aromatic heterocycles. The van der Waals surface area contributed by atoms with E-state index in [1.54, 1.807) is 6.20 Å². The molecule has 0 aliphatic carbocycles. The molecule has 34 heavy (non-hydrogen) atoms. The van der Waals surface area contributed by atoms with Crippen LogP contribution in [0.15, 0.2) is 30.7 Å². The number of pyridine rings is 1. The van der Waals surface area contributed by atoms with E-state index in [0.717, 1.165) is 43.1 Å². The number of nitrogens with zero attached hydrogens (tertiary/aromatic N) is 7. The zero-order chi connectivity index (χ0) is 24.0. The van der Waals surface area contributed by atoms with Crippen molar-refractivity contribution in [2.24, 2.45) is 5.92 Å². The van der Waals surface area contributed by atoms with E-state index < -0.39 is 5.54 Å². The maximum atomic E-state index is 13.1. The number of aromatic nitrogens is 4. The number of rotatable bonds is 5. The summed E-state index contributed by atoms with van der Waals surface area (Å²) in [5.41, 5.74) is 2.39. The number of fused-ring (bicyclic) bond motifs is 1. The van der Waals surface area contributed by atoms with Crippen LogP contribution in [0.2, 0.25) is 5.02 Å². The Labute approximate surface area is 204 Å². The molecule has 10 heteroatoms. The zero-order valence-corrected chi connectivity index (χ0v) is 20.9. The number of hydrogen-bond acceptors (Lipinski definition) is 7. The van der Waals surface area contributed by atoms with E-state index in [-0.39, 0.29) is 11.8 Å². The number of hydrogen-bond donors (Lipinski definition) is 1. The number of carbonyl (C=O) groups is 1. The normalized spacial score (nSPS) is 17.8.